The molecule has 4 rings (SSSR count). The Morgan fingerprint density at radius 3 is 2.14 bits per heavy atom. The lowest BCUT2D eigenvalue weighted by Gasteiger charge is -2.33. The Hall–Kier alpha value is -3.74. The number of hydrogen-bond donors (Lipinski definition) is 4. The molecule has 226 valence electrons. The summed E-state index contributed by atoms with van der Waals surface area (Å²) in [5.74, 6) is -1.74. The summed E-state index contributed by atoms with van der Waals surface area (Å²) >= 11 is 1.57. The van der Waals surface area contributed by atoms with Crippen molar-refractivity contribution in [1.82, 2.24) is 20.9 Å². The molecule has 1 aliphatic heterocycles. The van der Waals surface area contributed by atoms with Crippen molar-refractivity contribution in [1.29, 1.82) is 0 Å². The van der Waals surface area contributed by atoms with Gasteiger partial charge >= 0.3 is 12.2 Å². The number of urea groups is 1. The summed E-state index contributed by atoms with van der Waals surface area (Å²) in [7, 11) is 0. The highest BCUT2D eigenvalue weighted by Gasteiger charge is 2.33. The van der Waals surface area contributed by atoms with Crippen molar-refractivity contribution in [2.75, 3.05) is 31.2 Å². The summed E-state index contributed by atoms with van der Waals surface area (Å²) in [4.78, 5) is 53.7. The molecule has 2 aromatic carbocycles. The molecule has 2 aliphatic rings. The number of anilines is 1. The molecule has 9 nitrogen and oxygen atoms in total. The minimum atomic E-state index is -4.71. The van der Waals surface area contributed by atoms with E-state index < -0.39 is 41.7 Å². The SMILES string of the molecule is CSc1ccc(C(=O)N[C@H]2CCCC[C@H]2NC(=O)CNC(=O)c2cc(C(F)(F)F)ccc2NC(=O)N2CCCC2)cc1. The number of benzene rings is 2. The van der Waals surface area contributed by atoms with Gasteiger partial charge in [0.15, 0.2) is 0 Å². The lowest BCUT2D eigenvalue weighted by atomic mass is 9.90. The maximum atomic E-state index is 13.4. The zero-order valence-electron chi connectivity index (χ0n) is 23.2. The highest BCUT2D eigenvalue weighted by molar-refractivity contribution is 7.98. The van der Waals surface area contributed by atoms with Crippen LogP contribution in [-0.4, -0.2) is 66.6 Å². The second kappa shape index (κ2) is 14.0. The number of nitrogens with zero attached hydrogens (tertiary/aromatic N) is 1. The molecule has 1 saturated heterocycles. The van der Waals surface area contributed by atoms with E-state index in [1.807, 2.05) is 18.4 Å². The van der Waals surface area contributed by atoms with Gasteiger partial charge in [0, 0.05) is 35.6 Å². The lowest BCUT2D eigenvalue weighted by Crippen LogP contribution is -2.54. The molecule has 2 atom stereocenters. The van der Waals surface area contributed by atoms with E-state index in [0.717, 1.165) is 42.7 Å². The predicted octanol–water partition coefficient (Wildman–Crippen LogP) is 4.64. The fourth-order valence-corrected chi connectivity index (χ4v) is 5.52. The van der Waals surface area contributed by atoms with Crippen molar-refractivity contribution in [3.05, 3.63) is 59.2 Å². The first-order valence-corrected chi connectivity index (χ1v) is 15.1. The quantitative estimate of drug-likeness (QED) is 0.327. The van der Waals surface area contributed by atoms with Crippen LogP contribution < -0.4 is 21.3 Å². The van der Waals surface area contributed by atoms with E-state index in [2.05, 4.69) is 21.3 Å². The van der Waals surface area contributed by atoms with Crippen LogP contribution in [0.3, 0.4) is 0 Å². The first-order chi connectivity index (χ1) is 20.0. The topological polar surface area (TPSA) is 120 Å². The van der Waals surface area contributed by atoms with Crippen molar-refractivity contribution in [2.24, 2.45) is 0 Å². The summed E-state index contributed by atoms with van der Waals surface area (Å²) < 4.78 is 40.2. The molecule has 0 bridgehead atoms. The number of alkyl halides is 3. The largest absolute Gasteiger partial charge is 0.416 e. The van der Waals surface area contributed by atoms with Gasteiger partial charge in [-0.2, -0.15) is 13.2 Å². The second-order valence-corrected chi connectivity index (χ2v) is 11.2. The molecule has 2 fully saturated rings. The van der Waals surface area contributed by atoms with Crippen LogP contribution in [0, 0.1) is 0 Å². The van der Waals surface area contributed by atoms with Crippen LogP contribution >= 0.6 is 11.8 Å². The Labute approximate surface area is 246 Å². The van der Waals surface area contributed by atoms with Gasteiger partial charge in [-0.25, -0.2) is 4.79 Å². The molecule has 4 N–H and O–H groups in total. The number of rotatable bonds is 8. The number of halogens is 3. The fraction of sp³-hybridized carbons (Fsp3) is 0.448. The highest BCUT2D eigenvalue weighted by Crippen LogP contribution is 2.32. The minimum absolute atomic E-state index is 0.0848. The fourth-order valence-electron chi connectivity index (χ4n) is 5.12. The molecule has 1 aliphatic carbocycles. The maximum absolute atomic E-state index is 13.4. The third kappa shape index (κ3) is 8.17. The van der Waals surface area contributed by atoms with E-state index in [1.165, 1.54) is 4.90 Å². The Bertz CT molecular complexity index is 1300. The van der Waals surface area contributed by atoms with E-state index in [-0.39, 0.29) is 23.7 Å². The molecule has 0 aromatic heterocycles. The third-order valence-electron chi connectivity index (χ3n) is 7.42. The molecule has 1 saturated carbocycles. The summed E-state index contributed by atoms with van der Waals surface area (Å²) in [5, 5.41) is 10.7. The third-order valence-corrected chi connectivity index (χ3v) is 8.16. The minimum Gasteiger partial charge on any atom is -0.350 e. The van der Waals surface area contributed by atoms with Crippen LogP contribution in [-0.2, 0) is 11.0 Å². The van der Waals surface area contributed by atoms with Crippen LogP contribution in [0.2, 0.25) is 0 Å². The van der Waals surface area contributed by atoms with Gasteiger partial charge in [-0.15, -0.1) is 11.8 Å². The van der Waals surface area contributed by atoms with Crippen LogP contribution in [0.15, 0.2) is 47.4 Å². The molecule has 2 aromatic rings. The van der Waals surface area contributed by atoms with Gasteiger partial charge in [-0.05, 0) is 74.4 Å². The number of carbonyl (C=O) groups excluding carboxylic acids is 4. The number of thioether (sulfide) groups is 1. The number of amides is 5. The first kappa shape index (κ1) is 31.2. The van der Waals surface area contributed by atoms with E-state index >= 15 is 0 Å². The Balaban J connectivity index is 1.38. The van der Waals surface area contributed by atoms with Crippen LogP contribution in [0.5, 0.6) is 0 Å². The molecule has 0 spiro atoms. The molecular weight excluding hydrogens is 571 g/mol. The number of likely N-dealkylation sites (tertiary alicyclic amines) is 1. The zero-order valence-corrected chi connectivity index (χ0v) is 24.0. The molecule has 1 heterocycles. The molecule has 0 unspecified atom stereocenters. The monoisotopic (exact) mass is 605 g/mol. The van der Waals surface area contributed by atoms with Gasteiger partial charge in [-0.3, -0.25) is 14.4 Å². The van der Waals surface area contributed by atoms with Crippen LogP contribution in [0.1, 0.15) is 64.8 Å². The van der Waals surface area contributed by atoms with Gasteiger partial charge in [0.05, 0.1) is 23.4 Å². The van der Waals surface area contributed by atoms with E-state index in [0.29, 0.717) is 37.6 Å². The second-order valence-electron chi connectivity index (χ2n) is 10.3. The van der Waals surface area contributed by atoms with Gasteiger partial charge in [-0.1, -0.05) is 12.8 Å². The van der Waals surface area contributed by atoms with Crippen LogP contribution in [0.4, 0.5) is 23.7 Å². The normalized spacial score (nSPS) is 18.7. The summed E-state index contributed by atoms with van der Waals surface area (Å²) in [6, 6.07) is 8.48. The molecule has 5 amide bonds. The smallest absolute Gasteiger partial charge is 0.350 e. The highest BCUT2D eigenvalue weighted by atomic mass is 32.2. The van der Waals surface area contributed by atoms with Gasteiger partial charge in [0.2, 0.25) is 5.91 Å². The Morgan fingerprint density at radius 1 is 0.881 bits per heavy atom. The maximum Gasteiger partial charge on any atom is 0.416 e. The van der Waals surface area contributed by atoms with Gasteiger partial charge < -0.3 is 26.2 Å². The molecular formula is C29H34F3N5O4S. The first-order valence-electron chi connectivity index (χ1n) is 13.8. The van der Waals surface area contributed by atoms with Crippen molar-refractivity contribution >= 4 is 41.2 Å². The standard InChI is InChI=1S/C29H34F3N5O4S/c1-42-20-11-8-18(9-12-20)26(39)35-24-7-3-2-6-23(24)34-25(38)17-33-27(40)21-16-19(29(30,31)32)10-13-22(21)36-28(41)37-14-4-5-15-37/h8-13,16,23-24H,2-7,14-15,17H2,1H3,(H,33,40)(H,34,38)(H,35,39)(H,36,41)/t23-,24+/m1/s1. The molecule has 42 heavy (non-hydrogen) atoms. The Morgan fingerprint density at radius 2 is 1.52 bits per heavy atom. The molecule has 13 heteroatoms. The summed E-state index contributed by atoms with van der Waals surface area (Å²) in [6.45, 7) is 0.532. The average Bonchev–Trinajstić information content (AvgIpc) is 3.52. The Kier molecular flexibility index (Phi) is 10.4. The number of hydrogen-bond acceptors (Lipinski definition) is 5. The van der Waals surface area contributed by atoms with Gasteiger partial charge in [0.1, 0.15) is 0 Å². The lowest BCUT2D eigenvalue weighted by molar-refractivity contribution is -0.137. The zero-order chi connectivity index (χ0) is 30.3. The van der Waals surface area contributed by atoms with Crippen molar-refractivity contribution in [3.63, 3.8) is 0 Å². The van der Waals surface area contributed by atoms with E-state index in [9.17, 15) is 32.3 Å². The van der Waals surface area contributed by atoms with Crippen molar-refractivity contribution in [3.8, 4) is 0 Å². The predicted molar refractivity (Wildman–Crippen MR) is 153 cm³/mol. The van der Waals surface area contributed by atoms with Crippen molar-refractivity contribution in [2.45, 2.75) is 61.7 Å². The van der Waals surface area contributed by atoms with Gasteiger partial charge in [0.25, 0.3) is 11.8 Å². The number of carbonyl (C=O) groups is 4. The van der Waals surface area contributed by atoms with Crippen molar-refractivity contribution < 1.29 is 32.3 Å². The average molecular weight is 606 g/mol. The number of nitrogens with one attached hydrogen (secondary N) is 4. The summed E-state index contributed by atoms with van der Waals surface area (Å²) in [5.41, 5.74) is -1.04. The van der Waals surface area contributed by atoms with E-state index in [4.69, 9.17) is 0 Å². The summed E-state index contributed by atoms with van der Waals surface area (Å²) in [6.07, 6.45) is 1.88. The molecule has 0 radical (unpaired) electrons. The van der Waals surface area contributed by atoms with Crippen LogP contribution in [0.25, 0.3) is 0 Å². The van der Waals surface area contributed by atoms with E-state index in [1.54, 1.807) is 23.9 Å².